The summed E-state index contributed by atoms with van der Waals surface area (Å²) in [5.74, 6) is -0.248. The maximum atomic E-state index is 13.6. The lowest BCUT2D eigenvalue weighted by Crippen LogP contribution is -1.91. The smallest absolute Gasteiger partial charge is 0.145 e. The van der Waals surface area contributed by atoms with Gasteiger partial charge in [0.15, 0.2) is 0 Å². The Morgan fingerprint density at radius 3 is 2.48 bits per heavy atom. The second-order valence-corrected chi connectivity index (χ2v) is 4.47. The maximum Gasteiger partial charge on any atom is 0.145 e. The van der Waals surface area contributed by atoms with Gasteiger partial charge >= 0.3 is 0 Å². The molecular formula is C17H12FN3. The third-order valence-corrected chi connectivity index (χ3v) is 2.99. The molecule has 0 unspecified atom stereocenters. The van der Waals surface area contributed by atoms with Gasteiger partial charge in [0.1, 0.15) is 23.5 Å². The number of anilines is 1. The molecule has 0 aliphatic carbocycles. The van der Waals surface area contributed by atoms with E-state index < -0.39 is 0 Å². The maximum absolute atomic E-state index is 13.6. The number of allylic oxidation sites excluding steroid dienone is 1. The Morgan fingerprint density at radius 1 is 1.10 bits per heavy atom. The minimum atomic E-state index is -0.248. The Kier molecular flexibility index (Phi) is 4.33. The molecule has 0 radical (unpaired) electrons. The van der Waals surface area contributed by atoms with E-state index in [0.717, 1.165) is 16.8 Å². The third kappa shape index (κ3) is 3.46. The summed E-state index contributed by atoms with van der Waals surface area (Å²) in [5, 5.41) is 20.2. The highest BCUT2D eigenvalue weighted by Crippen LogP contribution is 2.24. The average molecular weight is 277 g/mol. The summed E-state index contributed by atoms with van der Waals surface area (Å²) in [7, 11) is 0. The van der Waals surface area contributed by atoms with Gasteiger partial charge in [0.2, 0.25) is 0 Å². The van der Waals surface area contributed by atoms with Crippen LogP contribution in [0.15, 0.2) is 54.2 Å². The molecule has 0 heterocycles. The van der Waals surface area contributed by atoms with Crippen LogP contribution in [-0.4, -0.2) is 0 Å². The first-order valence-corrected chi connectivity index (χ1v) is 6.27. The van der Waals surface area contributed by atoms with Gasteiger partial charge in [-0.15, -0.1) is 0 Å². The van der Waals surface area contributed by atoms with Gasteiger partial charge in [-0.25, -0.2) is 4.39 Å². The molecule has 2 rings (SSSR count). The van der Waals surface area contributed by atoms with Gasteiger partial charge in [0.25, 0.3) is 0 Å². The van der Waals surface area contributed by atoms with E-state index in [1.807, 2.05) is 24.3 Å². The van der Waals surface area contributed by atoms with Crippen LogP contribution in [0, 0.1) is 35.4 Å². The van der Waals surface area contributed by atoms with Gasteiger partial charge in [0, 0.05) is 11.9 Å². The molecule has 0 bridgehead atoms. The Morgan fingerprint density at radius 2 is 1.81 bits per heavy atom. The van der Waals surface area contributed by atoms with E-state index in [-0.39, 0.29) is 11.4 Å². The Bertz CT molecular complexity index is 763. The van der Waals surface area contributed by atoms with Crippen molar-refractivity contribution in [2.24, 2.45) is 0 Å². The van der Waals surface area contributed by atoms with E-state index >= 15 is 0 Å². The first-order chi connectivity index (χ1) is 10.1. The first kappa shape index (κ1) is 14.3. The molecule has 2 aromatic rings. The molecule has 0 aliphatic heterocycles. The van der Waals surface area contributed by atoms with Gasteiger partial charge < -0.3 is 5.32 Å². The summed E-state index contributed by atoms with van der Waals surface area (Å²) >= 11 is 0. The van der Waals surface area contributed by atoms with E-state index in [1.165, 1.54) is 12.3 Å². The molecule has 102 valence electrons. The fourth-order valence-corrected chi connectivity index (χ4v) is 1.81. The molecule has 0 aliphatic rings. The fraction of sp³-hybridized carbons (Fsp3) is 0.0588. The predicted octanol–water partition coefficient (Wildman–Crippen LogP) is 4.14. The van der Waals surface area contributed by atoms with E-state index in [9.17, 15) is 4.39 Å². The largest absolute Gasteiger partial charge is 0.360 e. The molecule has 1 N–H and O–H groups in total. The minimum absolute atomic E-state index is 0.0122. The number of halogens is 1. The van der Waals surface area contributed by atoms with E-state index in [2.05, 4.69) is 5.32 Å². The predicted molar refractivity (Wildman–Crippen MR) is 79.5 cm³/mol. The standard InChI is InChI=1S/C17H12FN3/c1-12-5-6-15(8-17(12)18)14-3-2-4-16(7-14)21-11-13(9-19)10-20/h2-8,11,21H,1H3. The van der Waals surface area contributed by atoms with Crippen molar-refractivity contribution in [3.63, 3.8) is 0 Å². The van der Waals surface area contributed by atoms with Crippen molar-refractivity contribution in [1.82, 2.24) is 0 Å². The lowest BCUT2D eigenvalue weighted by molar-refractivity contribution is 0.619. The molecule has 0 atom stereocenters. The third-order valence-electron chi connectivity index (χ3n) is 2.99. The zero-order valence-electron chi connectivity index (χ0n) is 11.4. The van der Waals surface area contributed by atoms with Gasteiger partial charge in [-0.05, 0) is 41.8 Å². The van der Waals surface area contributed by atoms with Crippen molar-refractivity contribution < 1.29 is 4.39 Å². The van der Waals surface area contributed by atoms with Crippen molar-refractivity contribution in [2.45, 2.75) is 6.92 Å². The molecule has 4 heteroatoms. The van der Waals surface area contributed by atoms with Crippen LogP contribution in [-0.2, 0) is 0 Å². The topological polar surface area (TPSA) is 59.6 Å². The average Bonchev–Trinajstić information content (AvgIpc) is 2.51. The van der Waals surface area contributed by atoms with Gasteiger partial charge in [-0.3, -0.25) is 0 Å². The molecule has 0 spiro atoms. The number of nitriles is 2. The van der Waals surface area contributed by atoms with E-state index in [1.54, 1.807) is 31.2 Å². The van der Waals surface area contributed by atoms with Gasteiger partial charge in [-0.2, -0.15) is 10.5 Å². The quantitative estimate of drug-likeness (QED) is 0.857. The van der Waals surface area contributed by atoms with Crippen LogP contribution >= 0.6 is 0 Å². The summed E-state index contributed by atoms with van der Waals surface area (Å²) < 4.78 is 13.6. The highest BCUT2D eigenvalue weighted by Gasteiger charge is 2.03. The Hall–Kier alpha value is -3.11. The molecule has 3 nitrogen and oxygen atoms in total. The van der Waals surface area contributed by atoms with Crippen molar-refractivity contribution in [3.8, 4) is 23.3 Å². The van der Waals surface area contributed by atoms with Crippen LogP contribution in [0.2, 0.25) is 0 Å². The number of nitrogens with one attached hydrogen (secondary N) is 1. The molecule has 0 saturated heterocycles. The van der Waals surface area contributed by atoms with Crippen LogP contribution in [0.3, 0.4) is 0 Å². The SMILES string of the molecule is Cc1ccc(-c2cccc(NC=C(C#N)C#N)c2)cc1F. The first-order valence-electron chi connectivity index (χ1n) is 6.27. The number of hydrogen-bond donors (Lipinski definition) is 1. The highest BCUT2D eigenvalue weighted by molar-refractivity contribution is 5.69. The van der Waals surface area contributed by atoms with Gasteiger partial charge in [-0.1, -0.05) is 24.3 Å². The van der Waals surface area contributed by atoms with Crippen LogP contribution in [0.5, 0.6) is 0 Å². The van der Waals surface area contributed by atoms with Crippen LogP contribution < -0.4 is 5.32 Å². The number of nitrogens with zero attached hydrogens (tertiary/aromatic N) is 2. The summed E-state index contributed by atoms with van der Waals surface area (Å²) in [4.78, 5) is 0. The zero-order valence-corrected chi connectivity index (χ0v) is 11.4. The van der Waals surface area contributed by atoms with Crippen molar-refractivity contribution in [2.75, 3.05) is 5.32 Å². The fourth-order valence-electron chi connectivity index (χ4n) is 1.81. The lowest BCUT2D eigenvalue weighted by Gasteiger charge is -2.06. The summed E-state index contributed by atoms with van der Waals surface area (Å²) in [6.45, 7) is 1.72. The summed E-state index contributed by atoms with van der Waals surface area (Å²) in [5.41, 5.74) is 2.93. The monoisotopic (exact) mass is 277 g/mol. The lowest BCUT2D eigenvalue weighted by atomic mass is 10.0. The number of rotatable bonds is 3. The number of aryl methyl sites for hydroxylation is 1. The van der Waals surface area contributed by atoms with Crippen molar-refractivity contribution >= 4 is 5.69 Å². The summed E-state index contributed by atoms with van der Waals surface area (Å²) in [6.07, 6.45) is 1.34. The van der Waals surface area contributed by atoms with Crippen LogP contribution in [0.25, 0.3) is 11.1 Å². The van der Waals surface area contributed by atoms with Crippen molar-refractivity contribution in [1.29, 1.82) is 10.5 Å². The highest BCUT2D eigenvalue weighted by atomic mass is 19.1. The number of benzene rings is 2. The molecule has 0 amide bonds. The Balaban J connectivity index is 2.30. The second-order valence-electron chi connectivity index (χ2n) is 4.47. The summed E-state index contributed by atoms with van der Waals surface area (Å²) in [6, 6.07) is 15.9. The second kappa shape index (κ2) is 6.36. The number of hydrogen-bond acceptors (Lipinski definition) is 3. The van der Waals surface area contributed by atoms with Crippen LogP contribution in [0.4, 0.5) is 10.1 Å². The van der Waals surface area contributed by atoms with Gasteiger partial charge in [0.05, 0.1) is 0 Å². The molecule has 2 aromatic carbocycles. The zero-order chi connectivity index (χ0) is 15.2. The normalized spacial score (nSPS) is 9.33. The molecule has 0 fully saturated rings. The molecule has 0 aromatic heterocycles. The molecular weight excluding hydrogens is 265 g/mol. The van der Waals surface area contributed by atoms with E-state index in [0.29, 0.717) is 5.56 Å². The van der Waals surface area contributed by atoms with Crippen molar-refractivity contribution in [3.05, 3.63) is 65.6 Å². The minimum Gasteiger partial charge on any atom is -0.360 e. The molecule has 0 saturated carbocycles. The van der Waals surface area contributed by atoms with E-state index in [4.69, 9.17) is 10.5 Å². The molecule has 21 heavy (non-hydrogen) atoms. The van der Waals surface area contributed by atoms with Crippen LogP contribution in [0.1, 0.15) is 5.56 Å². The Labute approximate surface area is 122 Å².